The summed E-state index contributed by atoms with van der Waals surface area (Å²) >= 11 is 0. The second-order valence-electron chi connectivity index (χ2n) is 4.49. The summed E-state index contributed by atoms with van der Waals surface area (Å²) in [6, 6.07) is 2.19. The first-order valence-electron chi connectivity index (χ1n) is 6.17. The summed E-state index contributed by atoms with van der Waals surface area (Å²) < 4.78 is 0. The number of hydrogen-bond donors (Lipinski definition) is 1. The molecule has 2 heteroatoms. The molecule has 1 N–H and O–H groups in total. The third-order valence-electron chi connectivity index (χ3n) is 3.81. The van der Waals surface area contributed by atoms with Crippen molar-refractivity contribution in [1.82, 2.24) is 10.2 Å². The van der Waals surface area contributed by atoms with Gasteiger partial charge in [0.05, 0.1) is 0 Å². The molecule has 0 aromatic heterocycles. The summed E-state index contributed by atoms with van der Waals surface area (Å²) in [6.07, 6.45) is 5.33. The highest BCUT2D eigenvalue weighted by atomic mass is 15.2. The molecule has 0 saturated carbocycles. The van der Waals surface area contributed by atoms with Gasteiger partial charge in [0, 0.05) is 18.1 Å². The van der Waals surface area contributed by atoms with Crippen LogP contribution in [0.1, 0.15) is 46.5 Å². The normalized spacial score (nSPS) is 27.9. The lowest BCUT2D eigenvalue weighted by atomic mass is 10.0. The van der Waals surface area contributed by atoms with E-state index >= 15 is 0 Å². The second-order valence-corrected chi connectivity index (χ2v) is 4.49. The van der Waals surface area contributed by atoms with Crippen LogP contribution in [-0.2, 0) is 0 Å². The van der Waals surface area contributed by atoms with Crippen LogP contribution in [0.5, 0.6) is 0 Å². The van der Waals surface area contributed by atoms with Crippen LogP contribution >= 0.6 is 0 Å². The summed E-state index contributed by atoms with van der Waals surface area (Å²) in [7, 11) is 2.09. The van der Waals surface area contributed by atoms with Crippen LogP contribution in [-0.4, -0.2) is 36.6 Å². The van der Waals surface area contributed by atoms with E-state index in [0.29, 0.717) is 12.1 Å². The third kappa shape index (κ3) is 2.48. The fraction of sp³-hybridized carbons (Fsp3) is 1.00. The van der Waals surface area contributed by atoms with Gasteiger partial charge in [0.2, 0.25) is 0 Å². The summed E-state index contributed by atoms with van der Waals surface area (Å²) in [4.78, 5) is 2.70. The third-order valence-corrected chi connectivity index (χ3v) is 3.81. The van der Waals surface area contributed by atoms with Crippen LogP contribution in [0.3, 0.4) is 0 Å². The second kappa shape index (κ2) is 5.72. The molecular formula is C12H26N2. The van der Waals surface area contributed by atoms with Gasteiger partial charge in [-0.15, -0.1) is 0 Å². The molecule has 1 aliphatic heterocycles. The molecule has 0 bridgehead atoms. The van der Waals surface area contributed by atoms with Crippen molar-refractivity contribution in [3.05, 3.63) is 0 Å². The predicted octanol–water partition coefficient (Wildman–Crippen LogP) is 2.25. The van der Waals surface area contributed by atoms with Gasteiger partial charge in [-0.05, 0) is 46.2 Å². The largest absolute Gasteiger partial charge is 0.315 e. The highest BCUT2D eigenvalue weighted by molar-refractivity contribution is 4.87. The van der Waals surface area contributed by atoms with E-state index in [2.05, 4.69) is 38.0 Å². The average molecular weight is 198 g/mol. The van der Waals surface area contributed by atoms with Crippen LogP contribution in [0.15, 0.2) is 0 Å². The summed E-state index contributed by atoms with van der Waals surface area (Å²) in [5, 5.41) is 3.43. The number of likely N-dealkylation sites (N-methyl/N-ethyl adjacent to an activating group) is 1. The Bertz CT molecular complexity index is 154. The van der Waals surface area contributed by atoms with Gasteiger partial charge in [-0.25, -0.2) is 0 Å². The zero-order valence-corrected chi connectivity index (χ0v) is 10.2. The van der Waals surface area contributed by atoms with Crippen LogP contribution in [0.2, 0.25) is 0 Å². The van der Waals surface area contributed by atoms with Gasteiger partial charge in [-0.3, -0.25) is 4.90 Å². The van der Waals surface area contributed by atoms with Crippen LogP contribution in [0.4, 0.5) is 0 Å². The standard InChI is InChI=1S/C12H26N2/c1-5-11-8-7-9-14(11)10(3)12(6-2)13-4/h10-13H,5-9H2,1-4H3. The van der Waals surface area contributed by atoms with E-state index in [1.807, 2.05) is 0 Å². The van der Waals surface area contributed by atoms with E-state index in [1.54, 1.807) is 0 Å². The van der Waals surface area contributed by atoms with Crippen LogP contribution in [0, 0.1) is 0 Å². The first kappa shape index (κ1) is 12.0. The molecule has 14 heavy (non-hydrogen) atoms. The van der Waals surface area contributed by atoms with Crippen molar-refractivity contribution in [2.75, 3.05) is 13.6 Å². The monoisotopic (exact) mass is 198 g/mol. The van der Waals surface area contributed by atoms with Crippen molar-refractivity contribution in [2.45, 2.75) is 64.6 Å². The molecule has 0 radical (unpaired) electrons. The molecule has 3 unspecified atom stereocenters. The first-order valence-corrected chi connectivity index (χ1v) is 6.17. The predicted molar refractivity (Wildman–Crippen MR) is 62.6 cm³/mol. The zero-order valence-electron chi connectivity index (χ0n) is 10.2. The molecule has 1 saturated heterocycles. The van der Waals surface area contributed by atoms with Crippen molar-refractivity contribution >= 4 is 0 Å². The van der Waals surface area contributed by atoms with Gasteiger partial charge in [0.25, 0.3) is 0 Å². The van der Waals surface area contributed by atoms with Crippen LogP contribution < -0.4 is 5.32 Å². The van der Waals surface area contributed by atoms with Gasteiger partial charge in [0.15, 0.2) is 0 Å². The van der Waals surface area contributed by atoms with Gasteiger partial charge in [-0.1, -0.05) is 13.8 Å². The highest BCUT2D eigenvalue weighted by Gasteiger charge is 2.29. The number of likely N-dealkylation sites (tertiary alicyclic amines) is 1. The number of rotatable bonds is 5. The van der Waals surface area contributed by atoms with E-state index in [0.717, 1.165) is 6.04 Å². The molecule has 0 aromatic rings. The van der Waals surface area contributed by atoms with E-state index in [1.165, 1.54) is 32.2 Å². The summed E-state index contributed by atoms with van der Waals surface area (Å²) in [5.41, 5.74) is 0. The molecule has 0 amide bonds. The first-order chi connectivity index (χ1) is 6.74. The van der Waals surface area contributed by atoms with E-state index in [-0.39, 0.29) is 0 Å². The molecule has 1 heterocycles. The Balaban J connectivity index is 2.53. The fourth-order valence-electron chi connectivity index (χ4n) is 2.85. The minimum Gasteiger partial charge on any atom is -0.315 e. The molecule has 2 nitrogen and oxygen atoms in total. The summed E-state index contributed by atoms with van der Waals surface area (Å²) in [6.45, 7) is 8.27. The molecule has 0 spiro atoms. The van der Waals surface area contributed by atoms with Crippen LogP contribution in [0.25, 0.3) is 0 Å². The Hall–Kier alpha value is -0.0800. The molecule has 0 aromatic carbocycles. The van der Waals surface area contributed by atoms with Gasteiger partial charge in [0.1, 0.15) is 0 Å². The smallest absolute Gasteiger partial charge is 0.0223 e. The average Bonchev–Trinajstić information content (AvgIpc) is 2.67. The maximum atomic E-state index is 3.43. The van der Waals surface area contributed by atoms with E-state index in [4.69, 9.17) is 0 Å². The Kier molecular flexibility index (Phi) is 4.90. The van der Waals surface area contributed by atoms with Crippen molar-refractivity contribution in [2.24, 2.45) is 0 Å². The fourth-order valence-corrected chi connectivity index (χ4v) is 2.85. The van der Waals surface area contributed by atoms with Crippen molar-refractivity contribution in [1.29, 1.82) is 0 Å². The molecular weight excluding hydrogens is 172 g/mol. The molecule has 3 atom stereocenters. The number of nitrogens with zero attached hydrogens (tertiary/aromatic N) is 1. The number of hydrogen-bond acceptors (Lipinski definition) is 2. The van der Waals surface area contributed by atoms with Gasteiger partial charge >= 0.3 is 0 Å². The van der Waals surface area contributed by atoms with Crippen molar-refractivity contribution in [3.63, 3.8) is 0 Å². The quantitative estimate of drug-likeness (QED) is 0.729. The van der Waals surface area contributed by atoms with E-state index in [9.17, 15) is 0 Å². The maximum absolute atomic E-state index is 3.43. The maximum Gasteiger partial charge on any atom is 0.0223 e. The Morgan fingerprint density at radius 3 is 2.64 bits per heavy atom. The molecule has 1 aliphatic rings. The van der Waals surface area contributed by atoms with E-state index < -0.39 is 0 Å². The lowest BCUT2D eigenvalue weighted by Crippen LogP contribution is -2.48. The Morgan fingerprint density at radius 2 is 2.14 bits per heavy atom. The SMILES string of the molecule is CCC(NC)C(C)N1CCCC1CC. The van der Waals surface area contributed by atoms with Crippen molar-refractivity contribution in [3.8, 4) is 0 Å². The molecule has 0 aliphatic carbocycles. The highest BCUT2D eigenvalue weighted by Crippen LogP contribution is 2.24. The van der Waals surface area contributed by atoms with Gasteiger partial charge in [-0.2, -0.15) is 0 Å². The number of nitrogens with one attached hydrogen (secondary N) is 1. The van der Waals surface area contributed by atoms with Gasteiger partial charge < -0.3 is 5.32 Å². The molecule has 1 rings (SSSR count). The topological polar surface area (TPSA) is 15.3 Å². The minimum absolute atomic E-state index is 0.655. The zero-order chi connectivity index (χ0) is 10.6. The Labute approximate surface area is 89.1 Å². The lowest BCUT2D eigenvalue weighted by molar-refractivity contribution is 0.152. The van der Waals surface area contributed by atoms with Crippen molar-refractivity contribution < 1.29 is 0 Å². The Morgan fingerprint density at radius 1 is 1.43 bits per heavy atom. The lowest BCUT2D eigenvalue weighted by Gasteiger charge is -2.35. The summed E-state index contributed by atoms with van der Waals surface area (Å²) in [5.74, 6) is 0. The molecule has 84 valence electrons. The molecule has 1 fully saturated rings. The minimum atomic E-state index is 0.655.